The minimum atomic E-state index is 0. The predicted octanol–water partition coefficient (Wildman–Crippen LogP) is 2.80. The SMILES string of the molecule is CCc1cnc(CN(C)Cc2cnc(N)s2)s1.Cl. The average Bonchev–Trinajstić information content (AvgIpc) is 2.88. The number of hydrogen-bond donors (Lipinski definition) is 1. The summed E-state index contributed by atoms with van der Waals surface area (Å²) >= 11 is 3.33. The number of hydrogen-bond acceptors (Lipinski definition) is 6. The molecule has 0 spiro atoms. The highest BCUT2D eigenvalue weighted by Gasteiger charge is 2.07. The summed E-state index contributed by atoms with van der Waals surface area (Å²) in [7, 11) is 2.09. The van der Waals surface area contributed by atoms with Gasteiger partial charge in [0, 0.05) is 28.7 Å². The van der Waals surface area contributed by atoms with E-state index in [0.29, 0.717) is 5.13 Å². The van der Waals surface area contributed by atoms with Crippen LogP contribution in [-0.2, 0) is 19.5 Å². The number of nitrogens with two attached hydrogens (primary N) is 1. The molecule has 0 aromatic carbocycles. The van der Waals surface area contributed by atoms with Crippen molar-refractivity contribution in [3.8, 4) is 0 Å². The zero-order chi connectivity index (χ0) is 12.3. The quantitative estimate of drug-likeness (QED) is 0.923. The lowest BCUT2D eigenvalue weighted by molar-refractivity contribution is 0.321. The van der Waals surface area contributed by atoms with Crippen LogP contribution in [0.25, 0.3) is 0 Å². The van der Waals surface area contributed by atoms with Gasteiger partial charge in [-0.05, 0) is 13.5 Å². The van der Waals surface area contributed by atoms with Crippen LogP contribution in [0.1, 0.15) is 21.7 Å². The van der Waals surface area contributed by atoms with E-state index in [4.69, 9.17) is 5.73 Å². The molecule has 0 saturated heterocycles. The van der Waals surface area contributed by atoms with Crippen LogP contribution >= 0.6 is 35.1 Å². The molecule has 2 aromatic rings. The van der Waals surface area contributed by atoms with Gasteiger partial charge in [0.15, 0.2) is 5.13 Å². The van der Waals surface area contributed by atoms with Crippen molar-refractivity contribution in [1.29, 1.82) is 0 Å². The summed E-state index contributed by atoms with van der Waals surface area (Å²) < 4.78 is 0. The monoisotopic (exact) mass is 304 g/mol. The van der Waals surface area contributed by atoms with Gasteiger partial charge in [-0.1, -0.05) is 6.92 Å². The van der Waals surface area contributed by atoms with Crippen LogP contribution in [0.5, 0.6) is 0 Å². The normalized spacial score (nSPS) is 10.6. The second-order valence-electron chi connectivity index (χ2n) is 3.91. The molecule has 0 aliphatic rings. The predicted molar refractivity (Wildman–Crippen MR) is 80.4 cm³/mol. The Morgan fingerprint density at radius 1 is 1.17 bits per heavy atom. The highest BCUT2D eigenvalue weighted by atomic mass is 35.5. The van der Waals surface area contributed by atoms with Crippen molar-refractivity contribution in [3.63, 3.8) is 0 Å². The maximum Gasteiger partial charge on any atom is 0.180 e. The summed E-state index contributed by atoms with van der Waals surface area (Å²) in [5, 5.41) is 1.80. The van der Waals surface area contributed by atoms with Crippen LogP contribution in [0.2, 0.25) is 0 Å². The molecule has 0 aliphatic heterocycles. The van der Waals surface area contributed by atoms with Gasteiger partial charge in [0.2, 0.25) is 0 Å². The van der Waals surface area contributed by atoms with Gasteiger partial charge in [0.1, 0.15) is 5.01 Å². The fourth-order valence-electron chi connectivity index (χ4n) is 1.53. The molecule has 2 rings (SSSR count). The van der Waals surface area contributed by atoms with Crippen molar-refractivity contribution in [2.24, 2.45) is 0 Å². The molecule has 0 atom stereocenters. The molecule has 0 unspecified atom stereocenters. The largest absolute Gasteiger partial charge is 0.375 e. The van der Waals surface area contributed by atoms with E-state index in [9.17, 15) is 0 Å². The molecule has 0 amide bonds. The van der Waals surface area contributed by atoms with Crippen molar-refractivity contribution < 1.29 is 0 Å². The number of nitrogens with zero attached hydrogens (tertiary/aromatic N) is 3. The number of rotatable bonds is 5. The zero-order valence-corrected chi connectivity index (χ0v) is 12.9. The number of halogens is 1. The van der Waals surface area contributed by atoms with Gasteiger partial charge in [-0.3, -0.25) is 4.90 Å². The van der Waals surface area contributed by atoms with Gasteiger partial charge in [0.25, 0.3) is 0 Å². The van der Waals surface area contributed by atoms with Crippen LogP contribution in [0.3, 0.4) is 0 Å². The smallest absolute Gasteiger partial charge is 0.180 e. The third kappa shape index (κ3) is 4.20. The first-order valence-corrected chi connectivity index (χ1v) is 7.13. The van der Waals surface area contributed by atoms with E-state index in [1.807, 2.05) is 12.4 Å². The van der Waals surface area contributed by atoms with Crippen molar-refractivity contribution in [1.82, 2.24) is 14.9 Å². The Morgan fingerprint density at radius 3 is 2.44 bits per heavy atom. The first-order chi connectivity index (χ1) is 8.17. The molecular weight excluding hydrogens is 288 g/mol. The minimum Gasteiger partial charge on any atom is -0.375 e. The lowest BCUT2D eigenvalue weighted by Crippen LogP contribution is -2.16. The molecule has 0 saturated carbocycles. The molecule has 2 aromatic heterocycles. The van der Waals surface area contributed by atoms with Crippen molar-refractivity contribution in [3.05, 3.63) is 27.2 Å². The number of aromatic nitrogens is 2. The Morgan fingerprint density at radius 2 is 1.89 bits per heavy atom. The highest BCUT2D eigenvalue weighted by Crippen LogP contribution is 2.19. The third-order valence-corrected chi connectivity index (χ3v) is 4.29. The van der Waals surface area contributed by atoms with Crippen molar-refractivity contribution >= 4 is 40.2 Å². The lowest BCUT2D eigenvalue weighted by Gasteiger charge is -2.12. The molecule has 2 heterocycles. The van der Waals surface area contributed by atoms with E-state index in [1.165, 1.54) is 14.8 Å². The van der Waals surface area contributed by atoms with Crippen LogP contribution in [0.15, 0.2) is 12.4 Å². The Bertz CT molecular complexity index is 483. The standard InChI is InChI=1S/C11H16N4S2.ClH/c1-3-8-4-13-10(16-8)7-15(2)6-9-5-14-11(12)17-9;/h4-5H,3,6-7H2,1-2H3,(H2,12,14);1H. The Hall–Kier alpha value is -0.690. The number of aryl methyl sites for hydroxylation is 1. The summed E-state index contributed by atoms with van der Waals surface area (Å²) in [6.45, 7) is 3.90. The second-order valence-corrected chi connectivity index (χ2v) is 6.26. The first kappa shape index (κ1) is 15.4. The Labute approximate surface area is 121 Å². The van der Waals surface area contributed by atoms with E-state index in [2.05, 4.69) is 28.8 Å². The molecular formula is C11H17ClN4S2. The minimum absolute atomic E-state index is 0. The molecule has 2 N–H and O–H groups in total. The maximum atomic E-state index is 5.61. The summed E-state index contributed by atoms with van der Waals surface area (Å²) in [4.78, 5) is 13.2. The highest BCUT2D eigenvalue weighted by molar-refractivity contribution is 7.15. The number of thiazole rings is 2. The topological polar surface area (TPSA) is 55.0 Å². The molecule has 0 radical (unpaired) electrons. The molecule has 0 fully saturated rings. The summed E-state index contributed by atoms with van der Waals surface area (Å²) in [5.74, 6) is 0. The van der Waals surface area contributed by atoms with Gasteiger partial charge < -0.3 is 5.73 Å². The first-order valence-electron chi connectivity index (χ1n) is 5.49. The van der Waals surface area contributed by atoms with Crippen LogP contribution < -0.4 is 5.73 Å². The van der Waals surface area contributed by atoms with Crippen molar-refractivity contribution in [2.75, 3.05) is 12.8 Å². The molecule has 7 heteroatoms. The Kier molecular flexibility index (Phi) is 6.01. The van der Waals surface area contributed by atoms with Gasteiger partial charge >= 0.3 is 0 Å². The average molecular weight is 305 g/mol. The summed E-state index contributed by atoms with van der Waals surface area (Å²) in [5.41, 5.74) is 5.61. The summed E-state index contributed by atoms with van der Waals surface area (Å²) in [6, 6.07) is 0. The van der Waals surface area contributed by atoms with Crippen LogP contribution in [-0.4, -0.2) is 21.9 Å². The van der Waals surface area contributed by atoms with Gasteiger partial charge in [-0.2, -0.15) is 0 Å². The Balaban J connectivity index is 0.00000162. The van der Waals surface area contributed by atoms with Crippen LogP contribution in [0.4, 0.5) is 5.13 Å². The van der Waals surface area contributed by atoms with Gasteiger partial charge in [-0.25, -0.2) is 9.97 Å². The number of anilines is 1. The van der Waals surface area contributed by atoms with Crippen molar-refractivity contribution in [2.45, 2.75) is 26.4 Å². The van der Waals surface area contributed by atoms with E-state index in [0.717, 1.165) is 19.5 Å². The van der Waals surface area contributed by atoms with E-state index >= 15 is 0 Å². The molecule has 18 heavy (non-hydrogen) atoms. The maximum absolute atomic E-state index is 5.61. The molecule has 0 bridgehead atoms. The summed E-state index contributed by atoms with van der Waals surface area (Å²) in [6.07, 6.45) is 4.88. The fourth-order valence-corrected chi connectivity index (χ4v) is 3.24. The second kappa shape index (κ2) is 7.04. The molecule has 0 aliphatic carbocycles. The van der Waals surface area contributed by atoms with Gasteiger partial charge in [-0.15, -0.1) is 35.1 Å². The third-order valence-electron chi connectivity index (χ3n) is 2.35. The molecule has 4 nitrogen and oxygen atoms in total. The van der Waals surface area contributed by atoms with E-state index in [1.54, 1.807) is 22.7 Å². The number of nitrogen functional groups attached to an aromatic ring is 1. The zero-order valence-electron chi connectivity index (χ0n) is 10.4. The fraction of sp³-hybridized carbons (Fsp3) is 0.455. The van der Waals surface area contributed by atoms with E-state index < -0.39 is 0 Å². The van der Waals surface area contributed by atoms with Crippen LogP contribution in [0, 0.1) is 0 Å². The molecule has 100 valence electrons. The van der Waals surface area contributed by atoms with E-state index in [-0.39, 0.29) is 12.4 Å². The lowest BCUT2D eigenvalue weighted by atomic mass is 10.4. The van der Waals surface area contributed by atoms with Gasteiger partial charge in [0.05, 0.1) is 6.54 Å².